The van der Waals surface area contributed by atoms with Gasteiger partial charge in [-0.15, -0.1) is 24.8 Å². The fraction of sp³-hybridized carbons (Fsp3) is 0.333. The van der Waals surface area contributed by atoms with Crippen LogP contribution in [0.15, 0.2) is 6.07 Å². The van der Waals surface area contributed by atoms with Crippen molar-refractivity contribution in [1.82, 2.24) is 9.97 Å². The maximum atomic E-state index is 10.5. The molecule has 6 nitrogen and oxygen atoms in total. The van der Waals surface area contributed by atoms with Gasteiger partial charge in [0, 0.05) is 11.4 Å². The van der Waals surface area contributed by atoms with Crippen molar-refractivity contribution in [1.29, 1.82) is 0 Å². The second-order valence-electron chi connectivity index (χ2n) is 2.63. The molecule has 88 valence electrons. The first-order valence-electron chi connectivity index (χ1n) is 3.53. The van der Waals surface area contributed by atoms with Crippen molar-refractivity contribution in [2.75, 3.05) is 5.09 Å². The predicted molar refractivity (Wildman–Crippen MR) is 61.7 cm³/mol. The molecule has 15 heavy (non-hydrogen) atoms. The summed E-state index contributed by atoms with van der Waals surface area (Å²) in [6.07, 6.45) is 0. The lowest BCUT2D eigenvalue weighted by molar-refractivity contribution is 0.380. The van der Waals surface area contributed by atoms with Gasteiger partial charge in [-0.25, -0.2) is 14.5 Å². The van der Waals surface area contributed by atoms with Crippen molar-refractivity contribution >= 4 is 38.5 Å². The molecule has 0 radical (unpaired) electrons. The summed E-state index contributed by atoms with van der Waals surface area (Å²) >= 11 is 0. The van der Waals surface area contributed by atoms with E-state index in [4.69, 9.17) is 9.79 Å². The minimum absolute atomic E-state index is 0. The van der Waals surface area contributed by atoms with E-state index in [-0.39, 0.29) is 30.8 Å². The van der Waals surface area contributed by atoms with Crippen LogP contribution in [0.2, 0.25) is 0 Å². The molecule has 0 saturated carbocycles. The highest BCUT2D eigenvalue weighted by Crippen LogP contribution is 2.33. The van der Waals surface area contributed by atoms with Crippen molar-refractivity contribution in [3.8, 4) is 0 Å². The summed E-state index contributed by atoms with van der Waals surface area (Å²) in [4.78, 5) is 24.8. The van der Waals surface area contributed by atoms with Crippen molar-refractivity contribution < 1.29 is 14.4 Å². The topological polar surface area (TPSA) is 95.3 Å². The van der Waals surface area contributed by atoms with Crippen molar-refractivity contribution in [3.63, 3.8) is 0 Å². The van der Waals surface area contributed by atoms with Crippen LogP contribution in [-0.2, 0) is 4.57 Å². The molecule has 0 aliphatic heterocycles. The first-order valence-corrected chi connectivity index (χ1v) is 5.14. The van der Waals surface area contributed by atoms with Crippen LogP contribution in [0.3, 0.4) is 0 Å². The third-order valence-electron chi connectivity index (χ3n) is 1.23. The molecule has 0 amide bonds. The van der Waals surface area contributed by atoms with Gasteiger partial charge in [-0.05, 0) is 19.9 Å². The summed E-state index contributed by atoms with van der Waals surface area (Å²) in [5.74, 6) is -0.0502. The number of nitrogens with zero attached hydrogens (tertiary/aromatic N) is 2. The van der Waals surface area contributed by atoms with Crippen LogP contribution >= 0.6 is 32.6 Å². The lowest BCUT2D eigenvalue weighted by Gasteiger charge is -2.06. The summed E-state index contributed by atoms with van der Waals surface area (Å²) in [7, 11) is -4.30. The molecule has 0 aliphatic carbocycles. The van der Waals surface area contributed by atoms with Crippen LogP contribution in [0.5, 0.6) is 0 Å². The minimum Gasteiger partial charge on any atom is -0.308 e. The third-order valence-corrected chi connectivity index (χ3v) is 1.72. The van der Waals surface area contributed by atoms with Crippen LogP contribution in [0, 0.1) is 13.8 Å². The normalized spacial score (nSPS) is 9.87. The zero-order valence-electron chi connectivity index (χ0n) is 8.04. The van der Waals surface area contributed by atoms with Gasteiger partial charge < -0.3 is 9.79 Å². The summed E-state index contributed by atoms with van der Waals surface area (Å²) in [6, 6.07) is 1.71. The molecule has 3 N–H and O–H groups in total. The Hall–Kier alpha value is -0.390. The number of anilines is 1. The molecule has 0 fully saturated rings. The Balaban J connectivity index is 0. The number of hydrogen-bond acceptors (Lipinski definition) is 3. The van der Waals surface area contributed by atoms with Gasteiger partial charge in [0.05, 0.1) is 0 Å². The molecule has 0 spiro atoms. The summed E-state index contributed by atoms with van der Waals surface area (Å²) in [6.45, 7) is 3.44. The Morgan fingerprint density at radius 3 is 1.93 bits per heavy atom. The first-order chi connectivity index (χ1) is 5.87. The Morgan fingerprint density at radius 2 is 1.60 bits per heavy atom. The molecule has 0 aliphatic rings. The van der Waals surface area contributed by atoms with Gasteiger partial charge in [0.1, 0.15) is 0 Å². The Labute approximate surface area is 99.6 Å². The Bertz CT molecular complexity index is 350. The Morgan fingerprint density at radius 1 is 1.20 bits per heavy atom. The minimum atomic E-state index is -4.30. The van der Waals surface area contributed by atoms with Crippen LogP contribution in [-0.4, -0.2) is 19.8 Å². The quantitative estimate of drug-likeness (QED) is 0.707. The fourth-order valence-corrected chi connectivity index (χ4v) is 1.27. The number of nitrogens with one attached hydrogen (secondary N) is 1. The zero-order chi connectivity index (χ0) is 10.1. The highest BCUT2D eigenvalue weighted by atomic mass is 35.5. The summed E-state index contributed by atoms with van der Waals surface area (Å²) in [5.41, 5.74) is 1.31. The van der Waals surface area contributed by atoms with Gasteiger partial charge in [-0.2, -0.15) is 0 Å². The van der Waals surface area contributed by atoms with Gasteiger partial charge in [-0.3, -0.25) is 5.09 Å². The van der Waals surface area contributed by atoms with Crippen LogP contribution in [0.1, 0.15) is 11.4 Å². The average Bonchev–Trinajstić information content (AvgIpc) is 1.78. The third kappa shape index (κ3) is 6.65. The number of aromatic nitrogens is 2. The molecular weight excluding hydrogens is 264 g/mol. The molecule has 0 unspecified atom stereocenters. The van der Waals surface area contributed by atoms with Crippen LogP contribution < -0.4 is 5.09 Å². The van der Waals surface area contributed by atoms with Gasteiger partial charge in [-0.1, -0.05) is 0 Å². The second-order valence-corrected chi connectivity index (χ2v) is 3.94. The molecule has 9 heteroatoms. The maximum absolute atomic E-state index is 10.5. The van der Waals surface area contributed by atoms with Gasteiger partial charge in [0.25, 0.3) is 0 Å². The molecule has 0 aromatic carbocycles. The van der Waals surface area contributed by atoms with Gasteiger partial charge in [0.15, 0.2) is 0 Å². The fourth-order valence-electron chi connectivity index (χ4n) is 0.906. The van der Waals surface area contributed by atoms with Gasteiger partial charge >= 0.3 is 7.75 Å². The van der Waals surface area contributed by atoms with E-state index >= 15 is 0 Å². The smallest absolute Gasteiger partial charge is 0.308 e. The summed E-state index contributed by atoms with van der Waals surface area (Å²) in [5, 5.41) is 1.91. The second kappa shape index (κ2) is 6.25. The highest BCUT2D eigenvalue weighted by molar-refractivity contribution is 7.53. The lowest BCUT2D eigenvalue weighted by atomic mass is 10.4. The van der Waals surface area contributed by atoms with E-state index in [2.05, 4.69) is 9.97 Å². The van der Waals surface area contributed by atoms with Crippen molar-refractivity contribution in [3.05, 3.63) is 17.5 Å². The van der Waals surface area contributed by atoms with Crippen LogP contribution in [0.25, 0.3) is 0 Å². The molecule has 1 aromatic rings. The maximum Gasteiger partial charge on any atom is 0.429 e. The van der Waals surface area contributed by atoms with Crippen LogP contribution in [0.4, 0.5) is 5.95 Å². The Kier molecular flexibility index (Phi) is 7.09. The standard InChI is InChI=1S/C6H10N3O3P.2ClH/c1-4-3-5(2)8-6(7-4)9-13(10,11)12;;/h3H,1-2H3,(H3,7,8,9,10,11,12);2*1H. The van der Waals surface area contributed by atoms with E-state index in [1.54, 1.807) is 19.9 Å². The number of aryl methyl sites for hydroxylation is 2. The molecule has 1 aromatic heterocycles. The molecule has 0 saturated heterocycles. The van der Waals surface area contributed by atoms with Gasteiger partial charge in [0.2, 0.25) is 5.95 Å². The molecule has 1 heterocycles. The molecule has 0 bridgehead atoms. The zero-order valence-corrected chi connectivity index (χ0v) is 10.6. The molecule has 0 atom stereocenters. The molecular formula is C6H12Cl2N3O3P. The van der Waals surface area contributed by atoms with E-state index in [1.165, 1.54) is 0 Å². The lowest BCUT2D eigenvalue weighted by Crippen LogP contribution is -2.02. The van der Waals surface area contributed by atoms with E-state index in [0.29, 0.717) is 11.4 Å². The van der Waals surface area contributed by atoms with Crippen molar-refractivity contribution in [2.45, 2.75) is 13.8 Å². The monoisotopic (exact) mass is 275 g/mol. The largest absolute Gasteiger partial charge is 0.429 e. The van der Waals surface area contributed by atoms with Crippen molar-refractivity contribution in [2.24, 2.45) is 0 Å². The SMILES string of the molecule is Cc1cc(C)nc(NP(=O)(O)O)n1.Cl.Cl. The van der Waals surface area contributed by atoms with E-state index < -0.39 is 7.75 Å². The summed E-state index contributed by atoms with van der Waals surface area (Å²) < 4.78 is 10.5. The predicted octanol–water partition coefficient (Wildman–Crippen LogP) is 1.44. The molecule has 1 rings (SSSR count). The number of hydrogen-bond donors (Lipinski definition) is 3. The average molecular weight is 276 g/mol. The number of rotatable bonds is 2. The van der Waals surface area contributed by atoms with E-state index in [1.807, 2.05) is 5.09 Å². The highest BCUT2D eigenvalue weighted by Gasteiger charge is 2.14. The first kappa shape index (κ1) is 17.0. The van der Waals surface area contributed by atoms with E-state index in [0.717, 1.165) is 0 Å². The number of halogens is 2. The van der Waals surface area contributed by atoms with E-state index in [9.17, 15) is 4.57 Å².